The molecule has 176 valence electrons. The summed E-state index contributed by atoms with van der Waals surface area (Å²) < 4.78 is 15.3. The maximum absolute atomic E-state index is 10.6. The summed E-state index contributed by atoms with van der Waals surface area (Å²) in [4.78, 5) is 12.4. The average Bonchev–Trinajstić information content (AvgIpc) is 3.52. The van der Waals surface area contributed by atoms with Crippen molar-refractivity contribution in [2.75, 3.05) is 18.9 Å². The first-order valence-corrected chi connectivity index (χ1v) is 10.9. The van der Waals surface area contributed by atoms with Crippen LogP contribution in [0.1, 0.15) is 37.6 Å². The molecule has 0 aliphatic carbocycles. The molecule has 12 nitrogen and oxygen atoms in total. The summed E-state index contributed by atoms with van der Waals surface area (Å²) in [6.45, 7) is 0.623. The third-order valence-electron chi connectivity index (χ3n) is 5.59. The Bertz CT molecular complexity index is 1090. The number of imidazole rings is 1. The molecule has 1 saturated heterocycles. The minimum absolute atomic E-state index is 0.247. The van der Waals surface area contributed by atoms with Crippen molar-refractivity contribution in [3.63, 3.8) is 0 Å². The van der Waals surface area contributed by atoms with Crippen LogP contribution in [-0.2, 0) is 22.4 Å². The van der Waals surface area contributed by atoms with Gasteiger partial charge in [-0.25, -0.2) is 15.0 Å². The molecule has 0 radical (unpaired) electrons. The van der Waals surface area contributed by atoms with Gasteiger partial charge in [0.05, 0.1) is 18.6 Å². The van der Waals surface area contributed by atoms with Crippen LogP contribution in [-0.4, -0.2) is 76.3 Å². The van der Waals surface area contributed by atoms with Gasteiger partial charge in [0, 0.05) is 25.8 Å². The Labute approximate surface area is 190 Å². The van der Waals surface area contributed by atoms with Crippen molar-refractivity contribution >= 4 is 17.0 Å². The number of hydrogen-bond acceptors (Lipinski definition) is 10. The van der Waals surface area contributed by atoms with Crippen molar-refractivity contribution in [3.8, 4) is 12.3 Å². The van der Waals surface area contributed by atoms with Crippen LogP contribution in [0.15, 0.2) is 18.9 Å². The Morgan fingerprint density at radius 1 is 1.24 bits per heavy atom. The third-order valence-corrected chi connectivity index (χ3v) is 5.59. The Morgan fingerprint density at radius 3 is 2.94 bits per heavy atom. The molecule has 1 aliphatic heterocycles. The van der Waals surface area contributed by atoms with Crippen LogP contribution in [0, 0.1) is 12.3 Å². The number of fused-ring (bicyclic) bond motifs is 1. The van der Waals surface area contributed by atoms with Gasteiger partial charge in [-0.3, -0.25) is 9.25 Å². The van der Waals surface area contributed by atoms with Crippen molar-refractivity contribution in [1.29, 1.82) is 0 Å². The number of terminal acetylenes is 1. The van der Waals surface area contributed by atoms with Gasteiger partial charge in [-0.1, -0.05) is 5.21 Å². The van der Waals surface area contributed by atoms with Gasteiger partial charge in [-0.2, -0.15) is 0 Å². The van der Waals surface area contributed by atoms with Crippen LogP contribution >= 0.6 is 0 Å². The van der Waals surface area contributed by atoms with Crippen LogP contribution in [0.4, 0.5) is 5.82 Å². The largest absolute Gasteiger partial charge is 0.394 e. The number of aliphatic hydroxyl groups excluding tert-OH is 2. The summed E-state index contributed by atoms with van der Waals surface area (Å²) in [6, 6.07) is 0. The monoisotopic (exact) mass is 456 g/mol. The highest BCUT2D eigenvalue weighted by Gasteiger charge is 2.45. The molecule has 3 aromatic heterocycles. The summed E-state index contributed by atoms with van der Waals surface area (Å²) in [5.41, 5.74) is 7.70. The van der Waals surface area contributed by atoms with Crippen molar-refractivity contribution in [1.82, 2.24) is 34.5 Å². The van der Waals surface area contributed by atoms with Gasteiger partial charge in [-0.05, 0) is 25.7 Å². The van der Waals surface area contributed by atoms with Gasteiger partial charge in [0.15, 0.2) is 17.7 Å². The smallest absolute Gasteiger partial charge is 0.167 e. The molecule has 0 aromatic carbocycles. The maximum Gasteiger partial charge on any atom is 0.167 e. The number of unbranched alkanes of at least 4 members (excludes halogenated alkanes) is 2. The van der Waals surface area contributed by atoms with Crippen LogP contribution < -0.4 is 5.73 Å². The van der Waals surface area contributed by atoms with E-state index in [0.29, 0.717) is 30.7 Å². The highest BCUT2D eigenvalue weighted by Crippen LogP contribution is 2.34. The summed E-state index contributed by atoms with van der Waals surface area (Å²) in [6.07, 6.45) is 11.0. The lowest BCUT2D eigenvalue weighted by Gasteiger charge is -2.22. The van der Waals surface area contributed by atoms with E-state index in [1.807, 2.05) is 6.20 Å². The molecule has 4 atom stereocenters. The molecule has 0 bridgehead atoms. The first kappa shape index (κ1) is 23.1. The number of aromatic nitrogens is 7. The minimum atomic E-state index is -1.02. The van der Waals surface area contributed by atoms with Gasteiger partial charge < -0.3 is 25.4 Å². The van der Waals surface area contributed by atoms with E-state index in [9.17, 15) is 10.2 Å². The Morgan fingerprint density at radius 2 is 2.12 bits per heavy atom. The molecule has 0 saturated carbocycles. The number of nitrogens with two attached hydrogens (primary N) is 1. The second kappa shape index (κ2) is 10.7. The normalized spacial score (nSPS) is 22.7. The second-order valence-electron chi connectivity index (χ2n) is 7.89. The predicted molar refractivity (Wildman–Crippen MR) is 118 cm³/mol. The Balaban J connectivity index is 1.34. The zero-order chi connectivity index (χ0) is 23.2. The molecular weight excluding hydrogens is 428 g/mol. The fourth-order valence-corrected chi connectivity index (χ4v) is 3.87. The molecule has 3 aromatic rings. The van der Waals surface area contributed by atoms with Gasteiger partial charge in [0.25, 0.3) is 0 Å². The van der Waals surface area contributed by atoms with E-state index in [2.05, 4.69) is 31.2 Å². The minimum Gasteiger partial charge on any atom is -0.394 e. The number of aryl methyl sites for hydroxylation is 2. The molecule has 33 heavy (non-hydrogen) atoms. The van der Waals surface area contributed by atoms with Crippen LogP contribution in [0.25, 0.3) is 11.2 Å². The lowest BCUT2D eigenvalue weighted by molar-refractivity contribution is -0.0713. The maximum atomic E-state index is 10.6. The van der Waals surface area contributed by atoms with Gasteiger partial charge in [0.2, 0.25) is 0 Å². The molecular formula is C21H28N8O4. The van der Waals surface area contributed by atoms with E-state index in [0.717, 1.165) is 31.4 Å². The van der Waals surface area contributed by atoms with Gasteiger partial charge in [0.1, 0.15) is 30.2 Å². The Kier molecular flexibility index (Phi) is 7.46. The number of ether oxygens (including phenoxy) is 2. The lowest BCUT2D eigenvalue weighted by Crippen LogP contribution is -2.35. The lowest BCUT2D eigenvalue weighted by atomic mass is 10.1. The molecule has 0 spiro atoms. The summed E-state index contributed by atoms with van der Waals surface area (Å²) in [5, 5.41) is 28.6. The summed E-state index contributed by atoms with van der Waals surface area (Å²) >= 11 is 0. The van der Waals surface area contributed by atoms with E-state index in [1.54, 1.807) is 9.25 Å². The van der Waals surface area contributed by atoms with E-state index in [-0.39, 0.29) is 12.4 Å². The number of hydrogen-bond donors (Lipinski definition) is 3. The average molecular weight is 457 g/mol. The highest BCUT2D eigenvalue weighted by atomic mass is 16.6. The Hall–Kier alpha value is -3.11. The van der Waals surface area contributed by atoms with Crippen molar-refractivity contribution in [2.24, 2.45) is 0 Å². The van der Waals surface area contributed by atoms with Crippen LogP contribution in [0.2, 0.25) is 0 Å². The fourth-order valence-electron chi connectivity index (χ4n) is 3.87. The van der Waals surface area contributed by atoms with Crippen molar-refractivity contribution in [2.45, 2.75) is 63.2 Å². The molecule has 0 unspecified atom stereocenters. The molecule has 12 heteroatoms. The van der Waals surface area contributed by atoms with E-state index >= 15 is 0 Å². The van der Waals surface area contributed by atoms with Crippen LogP contribution in [0.3, 0.4) is 0 Å². The van der Waals surface area contributed by atoms with Crippen molar-refractivity contribution in [3.05, 3.63) is 24.5 Å². The first-order chi connectivity index (χ1) is 16.1. The van der Waals surface area contributed by atoms with Crippen LogP contribution in [0.5, 0.6) is 0 Å². The topological polar surface area (TPSA) is 159 Å². The summed E-state index contributed by atoms with van der Waals surface area (Å²) in [5.74, 6) is 2.88. The van der Waals surface area contributed by atoms with Gasteiger partial charge in [-0.15, -0.1) is 17.4 Å². The number of aliphatic hydroxyl groups is 2. The second-order valence-corrected chi connectivity index (χ2v) is 7.89. The molecule has 4 rings (SSSR count). The number of rotatable bonds is 11. The number of anilines is 1. The zero-order valence-electron chi connectivity index (χ0n) is 18.2. The number of nitrogens with zero attached hydrogens (tertiary/aromatic N) is 7. The summed E-state index contributed by atoms with van der Waals surface area (Å²) in [7, 11) is 0. The third kappa shape index (κ3) is 5.12. The first-order valence-electron chi connectivity index (χ1n) is 10.9. The van der Waals surface area contributed by atoms with E-state index < -0.39 is 24.5 Å². The fraction of sp³-hybridized carbons (Fsp3) is 0.571. The van der Waals surface area contributed by atoms with Crippen molar-refractivity contribution < 1.29 is 19.7 Å². The van der Waals surface area contributed by atoms with E-state index in [1.165, 1.54) is 12.7 Å². The molecule has 1 aliphatic rings. The molecule has 0 amide bonds. The van der Waals surface area contributed by atoms with Gasteiger partial charge >= 0.3 is 0 Å². The predicted octanol–water partition coefficient (Wildman–Crippen LogP) is 0.0721. The SMILES string of the molecule is C#CCCCCc1cn(CCCO[C@@H]2[C@H](O)[C@@H](CO)O[C@H]2n2cnc3c(N)ncnc32)nn1. The molecule has 1 fully saturated rings. The zero-order valence-corrected chi connectivity index (χ0v) is 18.2. The molecule has 4 heterocycles. The van der Waals surface area contributed by atoms with E-state index in [4.69, 9.17) is 21.6 Å². The molecule has 4 N–H and O–H groups in total. The quantitative estimate of drug-likeness (QED) is 0.266. The number of nitrogen functional groups attached to an aromatic ring is 1. The standard InChI is InChI=1S/C21H28N8O4/c1-2-3-4-5-7-14-10-28(27-26-14)8-6-9-32-18-17(31)15(11-30)33-21(18)29-13-25-16-19(22)23-12-24-20(16)29/h1,10,12-13,15,17-18,21,30-31H,3-9,11H2,(H2,22,23,24)/t15-,17-,18-,21-/m1/s1. The highest BCUT2D eigenvalue weighted by molar-refractivity contribution is 5.81.